The number of para-hydroxylation sites is 2. The summed E-state index contributed by atoms with van der Waals surface area (Å²) in [4.78, 5) is 11.7. The highest BCUT2D eigenvalue weighted by atomic mass is 16.7. The van der Waals surface area contributed by atoms with Crippen molar-refractivity contribution in [2.75, 3.05) is 27.4 Å². The van der Waals surface area contributed by atoms with E-state index in [1.807, 2.05) is 30.3 Å². The zero-order valence-corrected chi connectivity index (χ0v) is 25.3. The van der Waals surface area contributed by atoms with Gasteiger partial charge in [0.25, 0.3) is 0 Å². The first kappa shape index (κ1) is 32.2. The van der Waals surface area contributed by atoms with Crippen LogP contribution >= 0.6 is 0 Å². The van der Waals surface area contributed by atoms with Crippen LogP contribution in [-0.2, 0) is 0 Å². The summed E-state index contributed by atoms with van der Waals surface area (Å²) in [6.07, 6.45) is 7.58. The standard InChI is InChI=1S/C32H47NO8/c1-6-8-12-19-38-28-22-25(30(39-20-13-9-7-2)32(37-5)31(28)36-4)23(3)15-14-16-24(33(34)35)21-29-40-26-17-10-11-18-27(26)41-29/h10-11,17-18,22-24,29H,6-9,12-16,19-21H2,1-5H3. The lowest BCUT2D eigenvalue weighted by Gasteiger charge is -2.24. The lowest BCUT2D eigenvalue weighted by atomic mass is 9.92. The molecule has 2 aromatic carbocycles. The lowest BCUT2D eigenvalue weighted by Crippen LogP contribution is -2.30. The second kappa shape index (κ2) is 16.8. The minimum Gasteiger partial charge on any atom is -0.490 e. The van der Waals surface area contributed by atoms with Gasteiger partial charge in [0.1, 0.15) is 0 Å². The normalized spacial score (nSPS) is 14.0. The number of rotatable bonds is 20. The van der Waals surface area contributed by atoms with Crippen molar-refractivity contribution in [3.8, 4) is 34.5 Å². The third kappa shape index (κ3) is 9.07. The largest absolute Gasteiger partial charge is 0.490 e. The van der Waals surface area contributed by atoms with Gasteiger partial charge in [0.15, 0.2) is 23.0 Å². The molecule has 0 saturated heterocycles. The average molecular weight is 574 g/mol. The molecule has 9 nitrogen and oxygen atoms in total. The summed E-state index contributed by atoms with van der Waals surface area (Å²) < 4.78 is 35.6. The Balaban J connectivity index is 1.72. The van der Waals surface area contributed by atoms with E-state index in [0.29, 0.717) is 60.6 Å². The quantitative estimate of drug-likeness (QED) is 0.0894. The Morgan fingerprint density at radius 1 is 0.854 bits per heavy atom. The Morgan fingerprint density at radius 2 is 1.46 bits per heavy atom. The van der Waals surface area contributed by atoms with Gasteiger partial charge < -0.3 is 28.4 Å². The molecule has 0 saturated carbocycles. The van der Waals surface area contributed by atoms with Gasteiger partial charge in [-0.25, -0.2) is 0 Å². The molecule has 1 heterocycles. The first-order valence-corrected chi connectivity index (χ1v) is 15.0. The molecular formula is C32H47NO8. The van der Waals surface area contributed by atoms with Gasteiger partial charge in [-0.15, -0.1) is 0 Å². The van der Waals surface area contributed by atoms with Crippen LogP contribution in [0, 0.1) is 10.1 Å². The molecule has 0 radical (unpaired) electrons. The van der Waals surface area contributed by atoms with Crippen molar-refractivity contribution in [2.45, 2.75) is 103 Å². The summed E-state index contributed by atoms with van der Waals surface area (Å²) in [7, 11) is 3.22. The zero-order valence-electron chi connectivity index (χ0n) is 25.3. The summed E-state index contributed by atoms with van der Waals surface area (Å²) in [5.41, 5.74) is 0.959. The van der Waals surface area contributed by atoms with E-state index >= 15 is 0 Å². The van der Waals surface area contributed by atoms with Crippen LogP contribution < -0.4 is 28.4 Å². The number of fused-ring (bicyclic) bond motifs is 1. The monoisotopic (exact) mass is 573 g/mol. The Kier molecular flexibility index (Phi) is 13.2. The van der Waals surface area contributed by atoms with Crippen LogP contribution in [0.4, 0.5) is 0 Å². The molecule has 3 rings (SSSR count). The molecule has 0 aliphatic carbocycles. The van der Waals surface area contributed by atoms with Crippen molar-refractivity contribution in [1.29, 1.82) is 0 Å². The summed E-state index contributed by atoms with van der Waals surface area (Å²) in [5, 5.41) is 11.9. The molecule has 9 heteroatoms. The van der Waals surface area contributed by atoms with E-state index in [1.165, 1.54) is 0 Å². The van der Waals surface area contributed by atoms with E-state index in [2.05, 4.69) is 20.8 Å². The molecule has 0 bridgehead atoms. The Labute approximate surface area is 244 Å². The summed E-state index contributed by atoms with van der Waals surface area (Å²) in [6, 6.07) is 8.56. The van der Waals surface area contributed by atoms with Gasteiger partial charge in [0.2, 0.25) is 23.8 Å². The first-order valence-electron chi connectivity index (χ1n) is 15.0. The maximum absolute atomic E-state index is 11.9. The molecule has 228 valence electrons. The van der Waals surface area contributed by atoms with Crippen LogP contribution in [0.15, 0.2) is 30.3 Å². The van der Waals surface area contributed by atoms with Gasteiger partial charge in [0, 0.05) is 16.9 Å². The maximum atomic E-state index is 11.9. The molecule has 0 aromatic heterocycles. The van der Waals surface area contributed by atoms with Crippen molar-refractivity contribution in [1.82, 2.24) is 0 Å². The molecule has 0 N–H and O–H groups in total. The van der Waals surface area contributed by atoms with Crippen LogP contribution in [0.25, 0.3) is 0 Å². The van der Waals surface area contributed by atoms with Gasteiger partial charge in [-0.3, -0.25) is 10.1 Å². The highest BCUT2D eigenvalue weighted by Crippen LogP contribution is 2.49. The second-order valence-electron chi connectivity index (χ2n) is 10.6. The Morgan fingerprint density at radius 3 is 2.02 bits per heavy atom. The van der Waals surface area contributed by atoms with E-state index in [0.717, 1.165) is 50.5 Å². The van der Waals surface area contributed by atoms with Gasteiger partial charge in [0.05, 0.1) is 33.9 Å². The van der Waals surface area contributed by atoms with Gasteiger partial charge in [-0.2, -0.15) is 0 Å². The molecule has 2 unspecified atom stereocenters. The van der Waals surface area contributed by atoms with Crippen molar-refractivity contribution in [2.24, 2.45) is 0 Å². The first-order chi connectivity index (χ1) is 19.9. The molecule has 1 aliphatic heterocycles. The topological polar surface area (TPSA) is 98.5 Å². The Bertz CT molecular complexity index is 1070. The summed E-state index contributed by atoms with van der Waals surface area (Å²) in [5.74, 6) is 3.63. The predicted molar refractivity (Wildman–Crippen MR) is 159 cm³/mol. The number of nitro groups is 1. The molecule has 0 amide bonds. The Hall–Kier alpha value is -3.36. The number of unbranched alkanes of at least 4 members (excludes halogenated alkanes) is 4. The van der Waals surface area contributed by atoms with Crippen LogP contribution in [-0.4, -0.2) is 44.7 Å². The van der Waals surface area contributed by atoms with E-state index in [9.17, 15) is 10.1 Å². The average Bonchev–Trinajstić information content (AvgIpc) is 3.39. The third-order valence-electron chi connectivity index (χ3n) is 7.43. The van der Waals surface area contributed by atoms with Crippen LogP contribution in [0.1, 0.15) is 96.5 Å². The van der Waals surface area contributed by atoms with Crippen molar-refractivity contribution >= 4 is 0 Å². The van der Waals surface area contributed by atoms with Gasteiger partial charge >= 0.3 is 0 Å². The minimum atomic E-state index is -0.769. The van der Waals surface area contributed by atoms with E-state index < -0.39 is 12.3 Å². The van der Waals surface area contributed by atoms with E-state index in [4.69, 9.17) is 28.4 Å². The predicted octanol–water partition coefficient (Wildman–Crippen LogP) is 7.95. The van der Waals surface area contributed by atoms with Crippen LogP contribution in [0.3, 0.4) is 0 Å². The van der Waals surface area contributed by atoms with Crippen LogP contribution in [0.5, 0.6) is 34.5 Å². The molecule has 41 heavy (non-hydrogen) atoms. The smallest absolute Gasteiger partial charge is 0.248 e. The number of methoxy groups -OCH3 is 2. The third-order valence-corrected chi connectivity index (χ3v) is 7.43. The van der Waals surface area contributed by atoms with E-state index in [1.54, 1.807) is 14.2 Å². The SMILES string of the molecule is CCCCCOc1cc(C(C)CCCC(CC2Oc3ccccc3O2)[N+](=O)[O-])c(OCCCCC)c(OC)c1OC. The van der Waals surface area contributed by atoms with E-state index in [-0.39, 0.29) is 17.3 Å². The summed E-state index contributed by atoms with van der Waals surface area (Å²) in [6.45, 7) is 7.57. The van der Waals surface area contributed by atoms with Crippen LogP contribution in [0.2, 0.25) is 0 Å². The van der Waals surface area contributed by atoms with Crippen molar-refractivity contribution < 1.29 is 33.3 Å². The van der Waals surface area contributed by atoms with Crippen molar-refractivity contribution in [3.63, 3.8) is 0 Å². The van der Waals surface area contributed by atoms with Gasteiger partial charge in [-0.05, 0) is 49.8 Å². The molecule has 1 aliphatic rings. The number of benzene rings is 2. The minimum absolute atomic E-state index is 0.0459. The fourth-order valence-corrected chi connectivity index (χ4v) is 5.07. The molecule has 2 atom stereocenters. The highest BCUT2D eigenvalue weighted by molar-refractivity contribution is 5.63. The number of nitrogens with zero attached hydrogens (tertiary/aromatic N) is 1. The lowest BCUT2D eigenvalue weighted by molar-refractivity contribution is -0.527. The summed E-state index contributed by atoms with van der Waals surface area (Å²) >= 11 is 0. The maximum Gasteiger partial charge on any atom is 0.248 e. The molecule has 0 fully saturated rings. The zero-order chi connectivity index (χ0) is 29.6. The highest BCUT2D eigenvalue weighted by Gasteiger charge is 2.32. The van der Waals surface area contributed by atoms with Crippen molar-refractivity contribution in [3.05, 3.63) is 46.0 Å². The number of ether oxygens (including phenoxy) is 6. The molecule has 2 aromatic rings. The molecular weight excluding hydrogens is 526 g/mol. The fourth-order valence-electron chi connectivity index (χ4n) is 5.07. The number of hydrogen-bond donors (Lipinski definition) is 0. The molecule has 0 spiro atoms. The second-order valence-corrected chi connectivity index (χ2v) is 10.6. The van der Waals surface area contributed by atoms with Gasteiger partial charge in [-0.1, -0.05) is 58.6 Å². The number of hydrogen-bond acceptors (Lipinski definition) is 8. The fraction of sp³-hybridized carbons (Fsp3) is 0.625.